The summed E-state index contributed by atoms with van der Waals surface area (Å²) in [6.45, 7) is 4.59. The number of hydrogen-bond acceptors (Lipinski definition) is 0. The van der Waals surface area contributed by atoms with Gasteiger partial charge in [-0.15, -0.1) is 0 Å². The SMILES string of the molecule is CCCCC1=CC(C)c2c1ccc1ccccc21. The molecule has 0 N–H and O–H groups in total. The van der Waals surface area contributed by atoms with Gasteiger partial charge in [0.25, 0.3) is 0 Å². The summed E-state index contributed by atoms with van der Waals surface area (Å²) in [6, 6.07) is 13.3. The molecule has 0 saturated carbocycles. The fourth-order valence-electron chi connectivity index (χ4n) is 3.13. The van der Waals surface area contributed by atoms with Crippen LogP contribution in [0.2, 0.25) is 0 Å². The Hall–Kier alpha value is -1.56. The van der Waals surface area contributed by atoms with Gasteiger partial charge < -0.3 is 0 Å². The highest BCUT2D eigenvalue weighted by molar-refractivity contribution is 5.93. The van der Waals surface area contributed by atoms with Crippen LogP contribution in [-0.4, -0.2) is 0 Å². The Balaban J connectivity index is 2.12. The normalized spacial score (nSPS) is 17.9. The minimum Gasteiger partial charge on any atom is -0.0734 e. The van der Waals surface area contributed by atoms with E-state index in [1.165, 1.54) is 35.6 Å². The number of benzene rings is 2. The average molecular weight is 236 g/mol. The van der Waals surface area contributed by atoms with Gasteiger partial charge >= 0.3 is 0 Å². The summed E-state index contributed by atoms with van der Waals surface area (Å²) in [7, 11) is 0. The highest BCUT2D eigenvalue weighted by Crippen LogP contribution is 2.41. The molecule has 0 radical (unpaired) electrons. The molecule has 2 aromatic carbocycles. The number of rotatable bonds is 3. The molecule has 1 aliphatic carbocycles. The first-order chi connectivity index (χ1) is 8.81. The van der Waals surface area contributed by atoms with Crippen molar-refractivity contribution in [1.29, 1.82) is 0 Å². The molecule has 1 aliphatic rings. The second-order valence-corrected chi connectivity index (χ2v) is 5.33. The van der Waals surface area contributed by atoms with Crippen molar-refractivity contribution < 1.29 is 0 Å². The highest BCUT2D eigenvalue weighted by atomic mass is 14.3. The van der Waals surface area contributed by atoms with Gasteiger partial charge in [-0.2, -0.15) is 0 Å². The molecule has 0 heteroatoms. The molecule has 0 fully saturated rings. The van der Waals surface area contributed by atoms with Crippen LogP contribution in [-0.2, 0) is 0 Å². The third kappa shape index (κ3) is 1.77. The quantitative estimate of drug-likeness (QED) is 0.657. The van der Waals surface area contributed by atoms with Crippen molar-refractivity contribution in [2.24, 2.45) is 0 Å². The number of allylic oxidation sites excluding steroid dienone is 2. The zero-order valence-corrected chi connectivity index (χ0v) is 11.2. The molecule has 0 aliphatic heterocycles. The van der Waals surface area contributed by atoms with Crippen molar-refractivity contribution in [2.75, 3.05) is 0 Å². The van der Waals surface area contributed by atoms with E-state index in [2.05, 4.69) is 56.3 Å². The van der Waals surface area contributed by atoms with Gasteiger partial charge in [-0.1, -0.05) is 62.7 Å². The largest absolute Gasteiger partial charge is 0.0734 e. The van der Waals surface area contributed by atoms with Gasteiger partial charge in [-0.05, 0) is 40.3 Å². The molecular formula is C18H20. The zero-order chi connectivity index (χ0) is 12.5. The lowest BCUT2D eigenvalue weighted by molar-refractivity contribution is 0.824. The highest BCUT2D eigenvalue weighted by Gasteiger charge is 2.21. The first-order valence-corrected chi connectivity index (χ1v) is 7.04. The van der Waals surface area contributed by atoms with Crippen LogP contribution < -0.4 is 0 Å². The van der Waals surface area contributed by atoms with Crippen LogP contribution >= 0.6 is 0 Å². The second kappa shape index (κ2) is 4.61. The lowest BCUT2D eigenvalue weighted by Gasteiger charge is -2.10. The predicted molar refractivity (Wildman–Crippen MR) is 79.9 cm³/mol. The summed E-state index contributed by atoms with van der Waals surface area (Å²) in [5.74, 6) is 0.568. The smallest absolute Gasteiger partial charge is 0.000779 e. The van der Waals surface area contributed by atoms with Crippen molar-refractivity contribution in [3.05, 3.63) is 53.6 Å². The van der Waals surface area contributed by atoms with Crippen LogP contribution in [0.25, 0.3) is 16.3 Å². The van der Waals surface area contributed by atoms with E-state index in [9.17, 15) is 0 Å². The third-order valence-electron chi connectivity index (χ3n) is 4.02. The Kier molecular flexibility index (Phi) is 2.95. The predicted octanol–water partition coefficient (Wildman–Crippen LogP) is 5.53. The Morgan fingerprint density at radius 2 is 1.89 bits per heavy atom. The standard InChI is InChI=1S/C18H20/c1-3-4-7-15-12-13(2)18-16-9-6-5-8-14(16)10-11-17(15)18/h5-6,8-13H,3-4,7H2,1-2H3. The number of unbranched alkanes of at least 4 members (excludes halogenated alkanes) is 1. The lowest BCUT2D eigenvalue weighted by Crippen LogP contribution is -1.90. The summed E-state index contributed by atoms with van der Waals surface area (Å²) in [4.78, 5) is 0. The maximum Gasteiger partial charge on any atom is 0.000779 e. The van der Waals surface area contributed by atoms with Gasteiger partial charge in [0.15, 0.2) is 0 Å². The molecule has 0 bridgehead atoms. The third-order valence-corrected chi connectivity index (χ3v) is 4.02. The first-order valence-electron chi connectivity index (χ1n) is 7.04. The van der Waals surface area contributed by atoms with Gasteiger partial charge in [0.1, 0.15) is 0 Å². The minimum atomic E-state index is 0.568. The van der Waals surface area contributed by atoms with Crippen LogP contribution in [0.1, 0.15) is 50.2 Å². The molecule has 0 heterocycles. The minimum absolute atomic E-state index is 0.568. The Labute approximate surface area is 109 Å². The molecule has 0 amide bonds. The van der Waals surface area contributed by atoms with E-state index in [-0.39, 0.29) is 0 Å². The van der Waals surface area contributed by atoms with Crippen LogP contribution in [0.4, 0.5) is 0 Å². The molecule has 0 nitrogen and oxygen atoms in total. The molecule has 0 saturated heterocycles. The summed E-state index contributed by atoms with van der Waals surface area (Å²) in [6.07, 6.45) is 6.26. The van der Waals surface area contributed by atoms with Gasteiger partial charge in [0.05, 0.1) is 0 Å². The molecule has 3 rings (SSSR count). The molecule has 0 spiro atoms. The second-order valence-electron chi connectivity index (χ2n) is 5.33. The van der Waals surface area contributed by atoms with E-state index >= 15 is 0 Å². The zero-order valence-electron chi connectivity index (χ0n) is 11.2. The average Bonchev–Trinajstić information content (AvgIpc) is 2.73. The molecule has 92 valence electrons. The number of fused-ring (bicyclic) bond motifs is 3. The lowest BCUT2D eigenvalue weighted by atomic mass is 9.93. The Morgan fingerprint density at radius 1 is 1.06 bits per heavy atom. The first kappa shape index (κ1) is 11.5. The van der Waals surface area contributed by atoms with Crippen LogP contribution in [0.5, 0.6) is 0 Å². The fourth-order valence-corrected chi connectivity index (χ4v) is 3.13. The van der Waals surface area contributed by atoms with Crippen molar-refractivity contribution in [3.63, 3.8) is 0 Å². The van der Waals surface area contributed by atoms with Crippen LogP contribution in [0, 0.1) is 0 Å². The van der Waals surface area contributed by atoms with E-state index in [0.717, 1.165) is 0 Å². The van der Waals surface area contributed by atoms with Crippen molar-refractivity contribution in [1.82, 2.24) is 0 Å². The van der Waals surface area contributed by atoms with Crippen molar-refractivity contribution in [3.8, 4) is 0 Å². The maximum atomic E-state index is 2.47. The molecule has 18 heavy (non-hydrogen) atoms. The summed E-state index contributed by atoms with van der Waals surface area (Å²) in [5, 5.41) is 2.80. The molecular weight excluding hydrogens is 216 g/mol. The van der Waals surface area contributed by atoms with Gasteiger partial charge in [-0.3, -0.25) is 0 Å². The van der Waals surface area contributed by atoms with Crippen LogP contribution in [0.3, 0.4) is 0 Å². The molecule has 2 aromatic rings. The topological polar surface area (TPSA) is 0 Å². The van der Waals surface area contributed by atoms with Gasteiger partial charge in [-0.25, -0.2) is 0 Å². The van der Waals surface area contributed by atoms with Gasteiger partial charge in [0, 0.05) is 5.92 Å². The van der Waals surface area contributed by atoms with Crippen LogP contribution in [0.15, 0.2) is 42.5 Å². The fraction of sp³-hybridized carbons (Fsp3) is 0.333. The summed E-state index contributed by atoms with van der Waals surface area (Å²) >= 11 is 0. The monoisotopic (exact) mass is 236 g/mol. The summed E-state index contributed by atoms with van der Waals surface area (Å²) in [5.41, 5.74) is 4.60. The van der Waals surface area contributed by atoms with E-state index < -0.39 is 0 Å². The Bertz CT molecular complexity index is 604. The van der Waals surface area contributed by atoms with Crippen molar-refractivity contribution >= 4 is 16.3 Å². The van der Waals surface area contributed by atoms with E-state index in [1.807, 2.05) is 0 Å². The van der Waals surface area contributed by atoms with E-state index in [1.54, 1.807) is 11.1 Å². The summed E-state index contributed by atoms with van der Waals surface area (Å²) < 4.78 is 0. The van der Waals surface area contributed by atoms with E-state index in [0.29, 0.717) is 5.92 Å². The number of hydrogen-bond donors (Lipinski definition) is 0. The molecule has 1 unspecified atom stereocenters. The Morgan fingerprint density at radius 3 is 2.72 bits per heavy atom. The van der Waals surface area contributed by atoms with E-state index in [4.69, 9.17) is 0 Å². The molecule has 1 atom stereocenters. The maximum absolute atomic E-state index is 2.47. The molecule has 0 aromatic heterocycles. The van der Waals surface area contributed by atoms with Gasteiger partial charge in [0.2, 0.25) is 0 Å². The van der Waals surface area contributed by atoms with Crippen molar-refractivity contribution in [2.45, 2.75) is 39.0 Å².